The van der Waals surface area contributed by atoms with Gasteiger partial charge in [-0.2, -0.15) is 0 Å². The summed E-state index contributed by atoms with van der Waals surface area (Å²) in [5.74, 6) is 0.401. The van der Waals surface area contributed by atoms with Gasteiger partial charge in [0.05, 0.1) is 6.10 Å². The number of hydrogen-bond donors (Lipinski definition) is 1. The van der Waals surface area contributed by atoms with Gasteiger partial charge < -0.3 is 5.11 Å². The maximum absolute atomic E-state index is 12.2. The van der Waals surface area contributed by atoms with E-state index in [1.807, 2.05) is 45.0 Å². The molecule has 1 aromatic rings. The first-order valence-corrected chi connectivity index (χ1v) is 7.95. The van der Waals surface area contributed by atoms with Gasteiger partial charge >= 0.3 is 0 Å². The number of carbonyl (C=O) groups is 1. The summed E-state index contributed by atoms with van der Waals surface area (Å²) in [5, 5.41) is 10.2. The Hall–Kier alpha value is -1.15. The molecule has 0 radical (unpaired) electrons. The van der Waals surface area contributed by atoms with Gasteiger partial charge in [0.15, 0.2) is 5.78 Å². The number of hydrogen-bond acceptors (Lipinski definition) is 2. The van der Waals surface area contributed by atoms with Crippen LogP contribution in [0.25, 0.3) is 0 Å². The van der Waals surface area contributed by atoms with E-state index in [2.05, 4.69) is 0 Å². The first-order valence-electron chi connectivity index (χ1n) is 7.95. The number of carbonyl (C=O) groups excluding carboxylic acids is 1. The Morgan fingerprint density at radius 2 is 1.80 bits per heavy atom. The highest BCUT2D eigenvalue weighted by Gasteiger charge is 2.24. The van der Waals surface area contributed by atoms with Crippen LogP contribution in [-0.2, 0) is 0 Å². The van der Waals surface area contributed by atoms with Gasteiger partial charge in [0.2, 0.25) is 0 Å². The lowest BCUT2D eigenvalue weighted by Gasteiger charge is -2.26. The molecule has 2 nitrogen and oxygen atoms in total. The molecule has 1 aliphatic rings. The minimum atomic E-state index is -0.461. The van der Waals surface area contributed by atoms with Gasteiger partial charge in [0.25, 0.3) is 0 Å². The van der Waals surface area contributed by atoms with Crippen molar-refractivity contribution in [2.45, 2.75) is 65.4 Å². The predicted molar refractivity (Wildman–Crippen MR) is 84.1 cm³/mol. The summed E-state index contributed by atoms with van der Waals surface area (Å²) in [6.07, 6.45) is 5.62. The second-order valence-corrected chi connectivity index (χ2v) is 5.41. The molecule has 0 aliphatic heterocycles. The van der Waals surface area contributed by atoms with E-state index in [9.17, 15) is 9.90 Å². The molecule has 1 fully saturated rings. The molecule has 0 saturated heterocycles. The van der Waals surface area contributed by atoms with Gasteiger partial charge in [-0.1, -0.05) is 57.4 Å². The molecule has 1 unspecified atom stereocenters. The number of rotatable bonds is 4. The van der Waals surface area contributed by atoms with Gasteiger partial charge in [0, 0.05) is 12.0 Å². The lowest BCUT2D eigenvalue weighted by molar-refractivity contribution is 0.0638. The maximum atomic E-state index is 12.2. The van der Waals surface area contributed by atoms with Crippen molar-refractivity contribution in [1.82, 2.24) is 0 Å². The summed E-state index contributed by atoms with van der Waals surface area (Å²) in [4.78, 5) is 12.2. The van der Waals surface area contributed by atoms with Crippen LogP contribution < -0.4 is 0 Å². The minimum Gasteiger partial charge on any atom is -0.392 e. The average molecular weight is 276 g/mol. The summed E-state index contributed by atoms with van der Waals surface area (Å²) >= 11 is 0. The summed E-state index contributed by atoms with van der Waals surface area (Å²) in [5.41, 5.74) is 1.76. The van der Waals surface area contributed by atoms with E-state index in [0.29, 0.717) is 5.92 Å². The Morgan fingerprint density at radius 1 is 1.20 bits per heavy atom. The van der Waals surface area contributed by atoms with Crippen LogP contribution in [0, 0.1) is 12.8 Å². The zero-order valence-corrected chi connectivity index (χ0v) is 13.1. The first-order chi connectivity index (χ1) is 9.68. The molecule has 1 saturated carbocycles. The Labute approximate surface area is 123 Å². The first kappa shape index (κ1) is 16.9. The zero-order valence-electron chi connectivity index (χ0n) is 13.1. The molecule has 20 heavy (non-hydrogen) atoms. The van der Waals surface area contributed by atoms with Gasteiger partial charge in [0.1, 0.15) is 0 Å². The molecule has 1 N–H and O–H groups in total. The number of aryl methyl sites for hydroxylation is 1. The summed E-state index contributed by atoms with van der Waals surface area (Å²) in [6, 6.07) is 7.61. The van der Waals surface area contributed by atoms with Gasteiger partial charge in [-0.3, -0.25) is 4.79 Å². The fourth-order valence-corrected chi connectivity index (χ4v) is 2.87. The molecule has 0 spiro atoms. The van der Waals surface area contributed by atoms with Crippen molar-refractivity contribution < 1.29 is 9.90 Å². The van der Waals surface area contributed by atoms with Crippen LogP contribution >= 0.6 is 0 Å². The summed E-state index contributed by atoms with van der Waals surface area (Å²) in [7, 11) is 0. The molecular formula is C18H28O2. The van der Waals surface area contributed by atoms with E-state index in [1.165, 1.54) is 19.3 Å². The second-order valence-electron chi connectivity index (χ2n) is 5.41. The normalized spacial score (nSPS) is 17.0. The summed E-state index contributed by atoms with van der Waals surface area (Å²) in [6.45, 7) is 5.94. The molecule has 1 aliphatic carbocycles. The third-order valence-electron chi connectivity index (χ3n) is 4.03. The van der Waals surface area contributed by atoms with Crippen LogP contribution in [0.2, 0.25) is 0 Å². The van der Waals surface area contributed by atoms with E-state index in [0.717, 1.165) is 24.0 Å². The Bertz CT molecular complexity index is 406. The Morgan fingerprint density at radius 3 is 2.40 bits per heavy atom. The van der Waals surface area contributed by atoms with Crippen molar-refractivity contribution in [3.05, 3.63) is 35.4 Å². The largest absolute Gasteiger partial charge is 0.392 e. The van der Waals surface area contributed by atoms with Crippen LogP contribution in [0.4, 0.5) is 0 Å². The maximum Gasteiger partial charge on any atom is 0.165 e. The van der Waals surface area contributed by atoms with Crippen LogP contribution in [-0.4, -0.2) is 17.0 Å². The lowest BCUT2D eigenvalue weighted by atomic mass is 9.83. The predicted octanol–water partition coefficient (Wildman–Crippen LogP) is 4.54. The van der Waals surface area contributed by atoms with Crippen molar-refractivity contribution in [3.8, 4) is 0 Å². The minimum absolute atomic E-state index is 0.0752. The van der Waals surface area contributed by atoms with E-state index in [-0.39, 0.29) is 12.2 Å². The van der Waals surface area contributed by atoms with Crippen molar-refractivity contribution in [3.63, 3.8) is 0 Å². The highest BCUT2D eigenvalue weighted by molar-refractivity contribution is 5.97. The molecule has 0 aromatic heterocycles. The van der Waals surface area contributed by atoms with Crippen molar-refractivity contribution in [2.24, 2.45) is 5.92 Å². The number of benzene rings is 1. The number of aliphatic hydroxyl groups is 1. The van der Waals surface area contributed by atoms with E-state index >= 15 is 0 Å². The molecular weight excluding hydrogens is 248 g/mol. The zero-order chi connectivity index (χ0) is 15.0. The Kier molecular flexibility index (Phi) is 7.53. The molecule has 112 valence electrons. The molecule has 2 heteroatoms. The summed E-state index contributed by atoms with van der Waals surface area (Å²) < 4.78 is 0. The standard InChI is InChI=1S/C16H22O2.C2H6/c1-12-7-5-6-10-14(12)16(18)11-15(17)13-8-3-2-4-9-13;1-2/h5-7,10,13,15,17H,2-4,8-9,11H2,1H3;1-2H3. The quantitative estimate of drug-likeness (QED) is 0.820. The third-order valence-corrected chi connectivity index (χ3v) is 4.03. The van der Waals surface area contributed by atoms with Crippen LogP contribution in [0.3, 0.4) is 0 Å². The second kappa shape index (κ2) is 8.91. The molecule has 0 amide bonds. The van der Waals surface area contributed by atoms with E-state index in [4.69, 9.17) is 0 Å². The SMILES string of the molecule is CC.Cc1ccccc1C(=O)CC(O)C1CCCCC1. The lowest BCUT2D eigenvalue weighted by Crippen LogP contribution is -2.25. The number of aliphatic hydroxyl groups excluding tert-OH is 1. The topological polar surface area (TPSA) is 37.3 Å². The molecule has 0 bridgehead atoms. The van der Waals surface area contributed by atoms with Crippen LogP contribution in [0.1, 0.15) is 68.3 Å². The highest BCUT2D eigenvalue weighted by atomic mass is 16.3. The number of ketones is 1. The fraction of sp³-hybridized carbons (Fsp3) is 0.611. The average Bonchev–Trinajstić information content (AvgIpc) is 2.50. The van der Waals surface area contributed by atoms with Gasteiger partial charge in [-0.05, 0) is 31.2 Å². The van der Waals surface area contributed by atoms with E-state index < -0.39 is 6.10 Å². The fourth-order valence-electron chi connectivity index (χ4n) is 2.87. The monoisotopic (exact) mass is 276 g/mol. The van der Waals surface area contributed by atoms with Crippen molar-refractivity contribution >= 4 is 5.78 Å². The van der Waals surface area contributed by atoms with Crippen LogP contribution in [0.5, 0.6) is 0 Å². The smallest absolute Gasteiger partial charge is 0.165 e. The molecule has 0 heterocycles. The number of Topliss-reactive ketones (excluding diaryl/α,β-unsaturated/α-hetero) is 1. The molecule has 2 rings (SSSR count). The van der Waals surface area contributed by atoms with Gasteiger partial charge in [-0.25, -0.2) is 0 Å². The van der Waals surface area contributed by atoms with Crippen LogP contribution in [0.15, 0.2) is 24.3 Å². The van der Waals surface area contributed by atoms with Gasteiger partial charge in [-0.15, -0.1) is 0 Å². The highest BCUT2D eigenvalue weighted by Crippen LogP contribution is 2.28. The third kappa shape index (κ3) is 4.75. The molecule has 1 aromatic carbocycles. The van der Waals surface area contributed by atoms with E-state index in [1.54, 1.807) is 0 Å². The van der Waals surface area contributed by atoms with Crippen molar-refractivity contribution in [2.75, 3.05) is 0 Å². The van der Waals surface area contributed by atoms with Crippen molar-refractivity contribution in [1.29, 1.82) is 0 Å². The molecule has 1 atom stereocenters. The Balaban J connectivity index is 0.000000956.